The van der Waals surface area contributed by atoms with Crippen LogP contribution in [0.5, 0.6) is 11.5 Å². The van der Waals surface area contributed by atoms with E-state index in [0.29, 0.717) is 33.9 Å². The van der Waals surface area contributed by atoms with Crippen molar-refractivity contribution in [3.63, 3.8) is 0 Å². The molecule has 1 aliphatic heterocycles. The maximum atomic E-state index is 12.6. The molecular formula is C18H21NO5S2. The number of benzene rings is 1. The van der Waals surface area contributed by atoms with Gasteiger partial charge in [-0.3, -0.25) is 14.5 Å². The van der Waals surface area contributed by atoms with Crippen molar-refractivity contribution in [2.24, 2.45) is 0 Å². The van der Waals surface area contributed by atoms with E-state index in [1.807, 2.05) is 19.1 Å². The van der Waals surface area contributed by atoms with Crippen LogP contribution in [0.3, 0.4) is 0 Å². The van der Waals surface area contributed by atoms with Gasteiger partial charge in [0, 0.05) is 6.54 Å². The third kappa shape index (κ3) is 4.98. The summed E-state index contributed by atoms with van der Waals surface area (Å²) in [5, 5.41) is 0. The summed E-state index contributed by atoms with van der Waals surface area (Å²) in [6.45, 7) is 4.67. The summed E-state index contributed by atoms with van der Waals surface area (Å²) in [7, 11) is 1.58. The van der Waals surface area contributed by atoms with E-state index in [0.717, 1.165) is 5.56 Å². The van der Waals surface area contributed by atoms with Crippen LogP contribution in [-0.2, 0) is 14.3 Å². The molecule has 1 amide bonds. The number of thioether (sulfide) groups is 1. The summed E-state index contributed by atoms with van der Waals surface area (Å²) in [6, 6.07) is 5.44. The molecule has 0 radical (unpaired) electrons. The van der Waals surface area contributed by atoms with Crippen LogP contribution in [0.4, 0.5) is 0 Å². The van der Waals surface area contributed by atoms with E-state index in [-0.39, 0.29) is 24.8 Å². The van der Waals surface area contributed by atoms with Crippen molar-refractivity contribution in [3.8, 4) is 11.5 Å². The van der Waals surface area contributed by atoms with E-state index in [4.69, 9.17) is 26.4 Å². The summed E-state index contributed by atoms with van der Waals surface area (Å²) in [6.07, 6.45) is 1.87. The lowest BCUT2D eigenvalue weighted by Gasteiger charge is -2.13. The van der Waals surface area contributed by atoms with Crippen LogP contribution in [-0.4, -0.2) is 48.0 Å². The average molecular weight is 396 g/mol. The Morgan fingerprint density at radius 2 is 2.04 bits per heavy atom. The van der Waals surface area contributed by atoms with Crippen molar-refractivity contribution in [3.05, 3.63) is 28.7 Å². The average Bonchev–Trinajstić information content (AvgIpc) is 2.87. The molecule has 1 heterocycles. The summed E-state index contributed by atoms with van der Waals surface area (Å²) in [5.41, 5.74) is 0.806. The molecule has 1 aliphatic rings. The normalized spacial score (nSPS) is 15.5. The van der Waals surface area contributed by atoms with Gasteiger partial charge in [0.1, 0.15) is 4.32 Å². The third-order valence-electron chi connectivity index (χ3n) is 3.50. The lowest BCUT2D eigenvalue weighted by Crippen LogP contribution is -2.30. The minimum atomic E-state index is -0.345. The molecule has 0 spiro atoms. The topological polar surface area (TPSA) is 65.1 Å². The molecule has 0 N–H and O–H groups in total. The van der Waals surface area contributed by atoms with E-state index in [1.165, 1.54) is 16.7 Å². The zero-order chi connectivity index (χ0) is 19.1. The van der Waals surface area contributed by atoms with Gasteiger partial charge in [-0.1, -0.05) is 30.0 Å². The van der Waals surface area contributed by atoms with Crippen LogP contribution in [0.25, 0.3) is 6.08 Å². The molecule has 1 fully saturated rings. The Balaban J connectivity index is 2.14. The van der Waals surface area contributed by atoms with Gasteiger partial charge in [0.05, 0.1) is 31.6 Å². The van der Waals surface area contributed by atoms with Crippen LogP contribution in [0, 0.1) is 0 Å². The van der Waals surface area contributed by atoms with Gasteiger partial charge >= 0.3 is 5.97 Å². The largest absolute Gasteiger partial charge is 0.493 e. The van der Waals surface area contributed by atoms with Gasteiger partial charge in [0.15, 0.2) is 11.5 Å². The maximum Gasteiger partial charge on any atom is 0.307 e. The van der Waals surface area contributed by atoms with Crippen LogP contribution >= 0.6 is 24.0 Å². The molecule has 0 bridgehead atoms. The Hall–Kier alpha value is -2.06. The van der Waals surface area contributed by atoms with Crippen LogP contribution in [0.2, 0.25) is 0 Å². The number of thiocarbonyl (C=S) groups is 1. The first kappa shape index (κ1) is 20.3. The number of carbonyl (C=O) groups is 2. The van der Waals surface area contributed by atoms with Gasteiger partial charge in [-0.2, -0.15) is 0 Å². The second-order valence-corrected chi connectivity index (χ2v) is 6.91. The summed E-state index contributed by atoms with van der Waals surface area (Å²) >= 11 is 6.48. The summed E-state index contributed by atoms with van der Waals surface area (Å²) < 4.78 is 16.1. The van der Waals surface area contributed by atoms with E-state index in [2.05, 4.69) is 0 Å². The number of rotatable bonds is 8. The number of methoxy groups -OCH3 is 1. The predicted octanol–water partition coefficient (Wildman–Crippen LogP) is 3.25. The number of amides is 1. The number of ether oxygens (including phenoxy) is 3. The lowest BCUT2D eigenvalue weighted by atomic mass is 10.2. The Morgan fingerprint density at radius 3 is 2.69 bits per heavy atom. The molecule has 2 rings (SSSR count). The molecular weight excluding hydrogens is 374 g/mol. The molecule has 1 aromatic rings. The van der Waals surface area contributed by atoms with Gasteiger partial charge in [-0.25, -0.2) is 0 Å². The highest BCUT2D eigenvalue weighted by Gasteiger charge is 2.32. The monoisotopic (exact) mass is 395 g/mol. The third-order valence-corrected chi connectivity index (χ3v) is 4.88. The maximum absolute atomic E-state index is 12.6. The van der Waals surface area contributed by atoms with Gasteiger partial charge in [-0.05, 0) is 37.6 Å². The minimum absolute atomic E-state index is 0.116. The first-order chi connectivity index (χ1) is 12.5. The molecule has 0 unspecified atom stereocenters. The molecule has 140 valence electrons. The van der Waals surface area contributed by atoms with Crippen LogP contribution in [0.15, 0.2) is 23.1 Å². The lowest BCUT2D eigenvalue weighted by molar-refractivity contribution is -0.143. The van der Waals surface area contributed by atoms with Crippen molar-refractivity contribution < 1.29 is 23.8 Å². The van der Waals surface area contributed by atoms with Crippen molar-refractivity contribution in [2.45, 2.75) is 20.3 Å². The molecule has 8 heteroatoms. The van der Waals surface area contributed by atoms with E-state index in [9.17, 15) is 9.59 Å². The van der Waals surface area contributed by atoms with E-state index in [1.54, 1.807) is 26.2 Å². The molecule has 1 aromatic carbocycles. The van der Waals surface area contributed by atoms with Crippen molar-refractivity contribution in [1.29, 1.82) is 0 Å². The first-order valence-corrected chi connectivity index (χ1v) is 9.44. The zero-order valence-electron chi connectivity index (χ0n) is 14.9. The van der Waals surface area contributed by atoms with Gasteiger partial charge in [0.25, 0.3) is 5.91 Å². The Kier molecular flexibility index (Phi) is 7.47. The number of nitrogens with zero attached hydrogens (tertiary/aromatic N) is 1. The SMILES string of the molecule is CCOC(=O)CCN1C(=O)/C(=C/c2ccc(OC)c(OCC)c2)SC1=S. The Bertz CT molecular complexity index is 732. The molecule has 0 aromatic heterocycles. The fraction of sp³-hybridized carbons (Fsp3) is 0.389. The van der Waals surface area contributed by atoms with E-state index >= 15 is 0 Å². The molecule has 1 saturated heterocycles. The smallest absolute Gasteiger partial charge is 0.307 e. The molecule has 0 saturated carbocycles. The van der Waals surface area contributed by atoms with Crippen molar-refractivity contribution >= 4 is 46.3 Å². The highest BCUT2D eigenvalue weighted by Crippen LogP contribution is 2.34. The molecule has 26 heavy (non-hydrogen) atoms. The highest BCUT2D eigenvalue weighted by molar-refractivity contribution is 8.26. The fourth-order valence-corrected chi connectivity index (χ4v) is 3.64. The number of hydrogen-bond donors (Lipinski definition) is 0. The summed E-state index contributed by atoms with van der Waals surface area (Å²) in [4.78, 5) is 26.0. The minimum Gasteiger partial charge on any atom is -0.493 e. The standard InChI is InChI=1S/C18H21NO5S2/c1-4-23-14-10-12(6-7-13(14)22-3)11-15-17(21)19(18(25)26-15)9-8-16(20)24-5-2/h6-7,10-11H,4-5,8-9H2,1-3H3/b15-11-. The summed E-state index contributed by atoms with van der Waals surface area (Å²) in [5.74, 6) is 0.688. The number of hydrogen-bond acceptors (Lipinski definition) is 7. The molecule has 0 aliphatic carbocycles. The molecule has 0 atom stereocenters. The molecule has 6 nitrogen and oxygen atoms in total. The number of esters is 1. The van der Waals surface area contributed by atoms with E-state index < -0.39 is 0 Å². The van der Waals surface area contributed by atoms with Gasteiger partial charge in [-0.15, -0.1) is 0 Å². The van der Waals surface area contributed by atoms with Gasteiger partial charge in [0.2, 0.25) is 0 Å². The van der Waals surface area contributed by atoms with Crippen LogP contribution in [0.1, 0.15) is 25.8 Å². The van der Waals surface area contributed by atoms with Gasteiger partial charge < -0.3 is 14.2 Å². The quantitative estimate of drug-likeness (QED) is 0.380. The highest BCUT2D eigenvalue weighted by atomic mass is 32.2. The Labute approximate surface area is 162 Å². The zero-order valence-corrected chi connectivity index (χ0v) is 16.6. The second-order valence-electron chi connectivity index (χ2n) is 5.23. The number of carbonyl (C=O) groups excluding carboxylic acids is 2. The predicted molar refractivity (Wildman–Crippen MR) is 105 cm³/mol. The van der Waals surface area contributed by atoms with Crippen molar-refractivity contribution in [2.75, 3.05) is 26.9 Å². The van der Waals surface area contributed by atoms with Crippen LogP contribution < -0.4 is 9.47 Å². The second kappa shape index (κ2) is 9.59. The fourth-order valence-electron chi connectivity index (χ4n) is 2.33. The van der Waals surface area contributed by atoms with Crippen molar-refractivity contribution in [1.82, 2.24) is 4.90 Å². The Morgan fingerprint density at radius 1 is 1.27 bits per heavy atom. The first-order valence-electron chi connectivity index (χ1n) is 8.22.